The molecule has 0 spiro atoms. The molecular weight excluding hydrogens is 400 g/mol. The van der Waals surface area contributed by atoms with Crippen LogP contribution in [0.5, 0.6) is 0 Å². The quantitative estimate of drug-likeness (QED) is 0.202. The number of thioether (sulfide) groups is 1. The lowest BCUT2D eigenvalue weighted by Gasteiger charge is -2.07. The molecule has 2 aromatic carbocycles. The number of ether oxygens (including phenoxy) is 1. The molecule has 4 rings (SSSR count). The Hall–Kier alpha value is -2.70. The summed E-state index contributed by atoms with van der Waals surface area (Å²) < 4.78 is 5.24. The standard InChI is InChI=1S/C23H20N2O2S2/c1-2-11-27-23(26)18-10-6-7-16(12-18)13-28-21-20-19(17-8-4-3-5-9-17)14-29-22(20)25-15-24-21/h3-10,12,14-15H,2,11,13H2,1H3. The number of aromatic nitrogens is 2. The molecule has 29 heavy (non-hydrogen) atoms. The molecule has 0 fully saturated rings. The smallest absolute Gasteiger partial charge is 0.338 e. The van der Waals surface area contributed by atoms with Crippen LogP contribution in [0.4, 0.5) is 0 Å². The van der Waals surface area contributed by atoms with Crippen LogP contribution in [-0.2, 0) is 10.5 Å². The first-order chi connectivity index (χ1) is 14.3. The predicted molar refractivity (Wildman–Crippen MR) is 119 cm³/mol. The van der Waals surface area contributed by atoms with E-state index in [1.807, 2.05) is 43.3 Å². The summed E-state index contributed by atoms with van der Waals surface area (Å²) in [5.74, 6) is 0.442. The van der Waals surface area contributed by atoms with Gasteiger partial charge in [0.2, 0.25) is 0 Å². The number of benzene rings is 2. The van der Waals surface area contributed by atoms with Crippen molar-refractivity contribution >= 4 is 39.3 Å². The summed E-state index contributed by atoms with van der Waals surface area (Å²) in [6, 6.07) is 17.9. The number of nitrogens with zero attached hydrogens (tertiary/aromatic N) is 2. The zero-order valence-electron chi connectivity index (χ0n) is 16.0. The van der Waals surface area contributed by atoms with Crippen LogP contribution in [0.1, 0.15) is 29.3 Å². The van der Waals surface area contributed by atoms with Crippen molar-refractivity contribution in [1.82, 2.24) is 9.97 Å². The van der Waals surface area contributed by atoms with Crippen molar-refractivity contribution < 1.29 is 9.53 Å². The second-order valence-corrected chi connectivity index (χ2v) is 8.32. The molecule has 6 heteroatoms. The summed E-state index contributed by atoms with van der Waals surface area (Å²) in [6.07, 6.45) is 2.43. The van der Waals surface area contributed by atoms with Crippen molar-refractivity contribution in [2.75, 3.05) is 6.61 Å². The van der Waals surface area contributed by atoms with E-state index in [1.165, 1.54) is 0 Å². The molecule has 0 atom stereocenters. The number of esters is 1. The molecular formula is C23H20N2O2S2. The lowest BCUT2D eigenvalue weighted by Crippen LogP contribution is -2.06. The fraction of sp³-hybridized carbons (Fsp3) is 0.174. The molecule has 0 aliphatic heterocycles. The Labute approximate surface area is 178 Å². The van der Waals surface area contributed by atoms with E-state index in [2.05, 4.69) is 27.5 Å². The second kappa shape index (κ2) is 9.20. The second-order valence-electron chi connectivity index (χ2n) is 6.50. The first-order valence-electron chi connectivity index (χ1n) is 9.42. The Morgan fingerprint density at radius 3 is 2.79 bits per heavy atom. The van der Waals surface area contributed by atoms with Gasteiger partial charge in [-0.3, -0.25) is 0 Å². The van der Waals surface area contributed by atoms with Crippen LogP contribution in [0.3, 0.4) is 0 Å². The minimum Gasteiger partial charge on any atom is -0.462 e. The van der Waals surface area contributed by atoms with Gasteiger partial charge in [-0.05, 0) is 29.7 Å². The molecule has 0 amide bonds. The number of carbonyl (C=O) groups is 1. The zero-order chi connectivity index (χ0) is 20.1. The highest BCUT2D eigenvalue weighted by Gasteiger charge is 2.14. The molecule has 0 radical (unpaired) electrons. The van der Waals surface area contributed by atoms with E-state index in [9.17, 15) is 4.79 Å². The van der Waals surface area contributed by atoms with Crippen LogP contribution in [0.15, 0.2) is 71.3 Å². The van der Waals surface area contributed by atoms with Gasteiger partial charge in [0, 0.05) is 16.7 Å². The molecule has 4 aromatic rings. The van der Waals surface area contributed by atoms with Crippen LogP contribution in [-0.4, -0.2) is 22.5 Å². The largest absolute Gasteiger partial charge is 0.462 e. The van der Waals surface area contributed by atoms with Crippen LogP contribution in [0.2, 0.25) is 0 Å². The van der Waals surface area contributed by atoms with Crippen molar-refractivity contribution in [3.8, 4) is 11.1 Å². The highest BCUT2D eigenvalue weighted by molar-refractivity contribution is 7.98. The first-order valence-corrected chi connectivity index (χ1v) is 11.3. The Morgan fingerprint density at radius 1 is 1.10 bits per heavy atom. The molecule has 2 aromatic heterocycles. The monoisotopic (exact) mass is 420 g/mol. The molecule has 0 saturated carbocycles. The summed E-state index contributed by atoms with van der Waals surface area (Å²) in [5.41, 5.74) is 3.97. The maximum Gasteiger partial charge on any atom is 0.338 e. The molecule has 0 aliphatic rings. The van der Waals surface area contributed by atoms with Gasteiger partial charge < -0.3 is 4.74 Å². The number of carbonyl (C=O) groups excluding carboxylic acids is 1. The van der Waals surface area contributed by atoms with Gasteiger partial charge in [-0.2, -0.15) is 0 Å². The van der Waals surface area contributed by atoms with Crippen molar-refractivity contribution in [3.63, 3.8) is 0 Å². The molecule has 2 heterocycles. The minimum absolute atomic E-state index is 0.271. The number of thiophene rings is 1. The Bertz CT molecular complexity index is 1130. The topological polar surface area (TPSA) is 52.1 Å². The summed E-state index contributed by atoms with van der Waals surface area (Å²) in [7, 11) is 0. The fourth-order valence-electron chi connectivity index (χ4n) is 3.01. The molecule has 0 unspecified atom stereocenters. The van der Waals surface area contributed by atoms with Crippen LogP contribution >= 0.6 is 23.1 Å². The highest BCUT2D eigenvalue weighted by atomic mass is 32.2. The predicted octanol–water partition coefficient (Wildman–Crippen LogP) is 6.22. The average molecular weight is 421 g/mol. The Morgan fingerprint density at radius 2 is 1.97 bits per heavy atom. The fourth-order valence-corrected chi connectivity index (χ4v) is 4.94. The van der Waals surface area contributed by atoms with Crippen molar-refractivity contribution in [3.05, 3.63) is 77.4 Å². The van der Waals surface area contributed by atoms with E-state index in [0.717, 1.165) is 38.4 Å². The Balaban J connectivity index is 1.58. The SMILES string of the molecule is CCCOC(=O)c1cccc(CSc2ncnc3scc(-c4ccccc4)c23)c1. The van der Waals surface area contributed by atoms with Gasteiger partial charge in [-0.25, -0.2) is 14.8 Å². The van der Waals surface area contributed by atoms with Crippen molar-refractivity contribution in [2.24, 2.45) is 0 Å². The summed E-state index contributed by atoms with van der Waals surface area (Å²) in [4.78, 5) is 22.1. The van der Waals surface area contributed by atoms with E-state index < -0.39 is 0 Å². The summed E-state index contributed by atoms with van der Waals surface area (Å²) in [6.45, 7) is 2.42. The number of hydrogen-bond donors (Lipinski definition) is 0. The molecule has 0 bridgehead atoms. The molecule has 0 N–H and O–H groups in total. The van der Waals surface area contributed by atoms with Gasteiger partial charge in [-0.15, -0.1) is 23.1 Å². The molecule has 146 valence electrons. The number of rotatable bonds is 7. The van der Waals surface area contributed by atoms with Gasteiger partial charge in [-0.1, -0.05) is 49.4 Å². The number of hydrogen-bond acceptors (Lipinski definition) is 6. The normalized spacial score (nSPS) is 10.9. The average Bonchev–Trinajstić information content (AvgIpc) is 3.22. The van der Waals surface area contributed by atoms with Gasteiger partial charge in [0.05, 0.1) is 17.6 Å². The molecule has 4 nitrogen and oxygen atoms in total. The van der Waals surface area contributed by atoms with Crippen LogP contribution in [0, 0.1) is 0 Å². The van der Waals surface area contributed by atoms with E-state index in [0.29, 0.717) is 17.9 Å². The molecule has 0 aliphatic carbocycles. The van der Waals surface area contributed by atoms with Crippen LogP contribution < -0.4 is 0 Å². The number of fused-ring (bicyclic) bond motifs is 1. The Kier molecular flexibility index (Phi) is 6.22. The van der Waals surface area contributed by atoms with E-state index >= 15 is 0 Å². The maximum absolute atomic E-state index is 12.1. The lowest BCUT2D eigenvalue weighted by molar-refractivity contribution is 0.0505. The third kappa shape index (κ3) is 4.49. The highest BCUT2D eigenvalue weighted by Crippen LogP contribution is 2.38. The third-order valence-electron chi connectivity index (χ3n) is 4.40. The van der Waals surface area contributed by atoms with E-state index in [4.69, 9.17) is 4.74 Å². The van der Waals surface area contributed by atoms with Crippen molar-refractivity contribution in [2.45, 2.75) is 24.1 Å². The van der Waals surface area contributed by atoms with Gasteiger partial charge in [0.25, 0.3) is 0 Å². The minimum atomic E-state index is -0.271. The summed E-state index contributed by atoms with van der Waals surface area (Å²) >= 11 is 3.29. The lowest BCUT2D eigenvalue weighted by atomic mass is 10.1. The van der Waals surface area contributed by atoms with E-state index in [1.54, 1.807) is 35.5 Å². The van der Waals surface area contributed by atoms with Crippen molar-refractivity contribution in [1.29, 1.82) is 0 Å². The van der Waals surface area contributed by atoms with E-state index in [-0.39, 0.29) is 5.97 Å². The maximum atomic E-state index is 12.1. The van der Waals surface area contributed by atoms with Gasteiger partial charge >= 0.3 is 5.97 Å². The van der Waals surface area contributed by atoms with Gasteiger partial charge in [0.15, 0.2) is 0 Å². The first kappa shape index (κ1) is 19.6. The molecule has 0 saturated heterocycles. The third-order valence-corrected chi connectivity index (χ3v) is 6.34. The van der Waals surface area contributed by atoms with Gasteiger partial charge in [0.1, 0.15) is 16.2 Å². The summed E-state index contributed by atoms with van der Waals surface area (Å²) in [5, 5.41) is 4.18. The van der Waals surface area contributed by atoms with Crippen LogP contribution in [0.25, 0.3) is 21.3 Å². The zero-order valence-corrected chi connectivity index (χ0v) is 17.6.